The van der Waals surface area contributed by atoms with Crippen LogP contribution in [0.2, 0.25) is 0 Å². The molecule has 0 radical (unpaired) electrons. The van der Waals surface area contributed by atoms with Crippen molar-refractivity contribution in [3.8, 4) is 0 Å². The maximum Gasteiger partial charge on any atom is 0.0252 e. The molecule has 1 heterocycles. The molecule has 66 valence electrons. The van der Waals surface area contributed by atoms with E-state index >= 15 is 0 Å². The normalized spacial score (nSPS) is 41.2. The third-order valence-electron chi connectivity index (χ3n) is 2.90. The van der Waals surface area contributed by atoms with Gasteiger partial charge in [-0.15, -0.1) is 0 Å². The summed E-state index contributed by atoms with van der Waals surface area (Å²) < 4.78 is 0. The maximum absolute atomic E-state index is 2.53. The summed E-state index contributed by atoms with van der Waals surface area (Å²) in [6, 6.07) is 1.99. The molecule has 11 heavy (non-hydrogen) atoms. The van der Waals surface area contributed by atoms with Crippen LogP contribution in [0.5, 0.6) is 0 Å². The summed E-state index contributed by atoms with van der Waals surface area (Å²) in [5.41, 5.74) is 0. The van der Waals surface area contributed by atoms with Gasteiger partial charge in [0, 0.05) is 12.1 Å². The molecule has 2 fully saturated rings. The van der Waals surface area contributed by atoms with E-state index < -0.39 is 0 Å². The van der Waals surface area contributed by atoms with Gasteiger partial charge in [0.05, 0.1) is 0 Å². The molecule has 0 N–H and O–H groups in total. The van der Waals surface area contributed by atoms with Crippen molar-refractivity contribution in [3.05, 3.63) is 0 Å². The lowest BCUT2D eigenvalue weighted by molar-refractivity contribution is 0.501. The highest BCUT2D eigenvalue weighted by atomic mass is 15.3. The largest absolute Gasteiger partial charge is 0.297 e. The summed E-state index contributed by atoms with van der Waals surface area (Å²) in [7, 11) is 2.26. The molecule has 0 bridgehead atoms. The van der Waals surface area contributed by atoms with E-state index in [0.717, 1.165) is 12.1 Å². The van der Waals surface area contributed by atoms with Crippen LogP contribution in [0.4, 0.5) is 0 Å². The van der Waals surface area contributed by atoms with Crippen molar-refractivity contribution in [2.75, 3.05) is 7.05 Å². The van der Waals surface area contributed by atoms with E-state index in [1.54, 1.807) is 0 Å². The SMILES string of the molecule is CC.CN1C2CCCCCC21. The van der Waals surface area contributed by atoms with Crippen LogP contribution in [0.25, 0.3) is 0 Å². The molecule has 1 nitrogen and oxygen atoms in total. The molecule has 0 spiro atoms. The fourth-order valence-electron chi connectivity index (χ4n) is 2.15. The molecule has 2 unspecified atom stereocenters. The Morgan fingerprint density at radius 3 is 1.82 bits per heavy atom. The number of hydrogen-bond acceptors (Lipinski definition) is 1. The third-order valence-corrected chi connectivity index (χ3v) is 2.90. The first-order chi connectivity index (χ1) is 5.39. The van der Waals surface area contributed by atoms with E-state index in [1.165, 1.54) is 32.1 Å². The lowest BCUT2D eigenvalue weighted by Gasteiger charge is -1.97. The average molecular weight is 155 g/mol. The van der Waals surface area contributed by atoms with E-state index in [9.17, 15) is 0 Å². The zero-order valence-corrected chi connectivity index (χ0v) is 8.14. The molecule has 1 saturated carbocycles. The Bertz CT molecular complexity index is 99.4. The van der Waals surface area contributed by atoms with Gasteiger partial charge in [0.1, 0.15) is 0 Å². The highest BCUT2D eigenvalue weighted by molar-refractivity contribution is 5.00. The second-order valence-electron chi connectivity index (χ2n) is 3.44. The van der Waals surface area contributed by atoms with Crippen LogP contribution in [0, 0.1) is 0 Å². The Balaban J connectivity index is 0.000000281. The van der Waals surface area contributed by atoms with Gasteiger partial charge in [-0.3, -0.25) is 4.90 Å². The van der Waals surface area contributed by atoms with Gasteiger partial charge in [-0.25, -0.2) is 0 Å². The summed E-state index contributed by atoms with van der Waals surface area (Å²) >= 11 is 0. The number of fused-ring (bicyclic) bond motifs is 1. The summed E-state index contributed by atoms with van der Waals surface area (Å²) in [4.78, 5) is 2.53. The molecular formula is C10H21N. The van der Waals surface area contributed by atoms with E-state index in [2.05, 4.69) is 11.9 Å². The zero-order valence-electron chi connectivity index (χ0n) is 8.14. The van der Waals surface area contributed by atoms with Crippen LogP contribution in [0.1, 0.15) is 46.0 Å². The standard InChI is InChI=1S/C8H15N.C2H6/c1-9-7-5-3-2-4-6-8(7)9;1-2/h7-8H,2-6H2,1H3;1-2H3. The van der Waals surface area contributed by atoms with Gasteiger partial charge in [0.15, 0.2) is 0 Å². The maximum atomic E-state index is 2.53. The summed E-state index contributed by atoms with van der Waals surface area (Å²) in [6.07, 6.45) is 7.39. The first kappa shape index (κ1) is 9.05. The molecular weight excluding hydrogens is 134 g/mol. The average Bonchev–Trinajstić information content (AvgIpc) is 2.73. The van der Waals surface area contributed by atoms with Gasteiger partial charge in [-0.2, -0.15) is 0 Å². The van der Waals surface area contributed by atoms with Gasteiger partial charge in [-0.1, -0.05) is 33.1 Å². The van der Waals surface area contributed by atoms with Crippen LogP contribution >= 0.6 is 0 Å². The highest BCUT2D eigenvalue weighted by Gasteiger charge is 2.43. The lowest BCUT2D eigenvalue weighted by Crippen LogP contribution is -1.94. The van der Waals surface area contributed by atoms with Crippen molar-refractivity contribution in [1.29, 1.82) is 0 Å². The summed E-state index contributed by atoms with van der Waals surface area (Å²) in [5, 5.41) is 0. The molecule has 0 aromatic heterocycles. The van der Waals surface area contributed by atoms with Crippen molar-refractivity contribution in [2.24, 2.45) is 0 Å². The van der Waals surface area contributed by atoms with Gasteiger partial charge < -0.3 is 0 Å². The topological polar surface area (TPSA) is 3.01 Å². The summed E-state index contributed by atoms with van der Waals surface area (Å²) in [6.45, 7) is 4.00. The van der Waals surface area contributed by atoms with Crippen molar-refractivity contribution in [3.63, 3.8) is 0 Å². The minimum absolute atomic E-state index is 0.993. The molecule has 2 atom stereocenters. The van der Waals surface area contributed by atoms with Crippen molar-refractivity contribution >= 4 is 0 Å². The van der Waals surface area contributed by atoms with E-state index in [1.807, 2.05) is 13.8 Å². The molecule has 2 aliphatic rings. The number of hydrogen-bond donors (Lipinski definition) is 0. The number of likely N-dealkylation sites (tertiary alicyclic amines) is 1. The number of likely N-dealkylation sites (N-methyl/N-ethyl adjacent to an activating group) is 1. The van der Waals surface area contributed by atoms with Crippen LogP contribution < -0.4 is 0 Å². The molecule has 0 amide bonds. The van der Waals surface area contributed by atoms with Crippen molar-refractivity contribution in [2.45, 2.75) is 58.0 Å². The van der Waals surface area contributed by atoms with Crippen LogP contribution in [-0.2, 0) is 0 Å². The van der Waals surface area contributed by atoms with Gasteiger partial charge >= 0.3 is 0 Å². The molecule has 2 rings (SSSR count). The third kappa shape index (κ3) is 1.96. The molecule has 1 aliphatic heterocycles. The Hall–Kier alpha value is -0.0400. The van der Waals surface area contributed by atoms with Gasteiger partial charge in [-0.05, 0) is 19.9 Å². The first-order valence-corrected chi connectivity index (χ1v) is 5.11. The fraction of sp³-hybridized carbons (Fsp3) is 1.00. The van der Waals surface area contributed by atoms with E-state index in [-0.39, 0.29) is 0 Å². The molecule has 1 saturated heterocycles. The van der Waals surface area contributed by atoms with Crippen LogP contribution in [0.3, 0.4) is 0 Å². The quantitative estimate of drug-likeness (QED) is 0.486. The Labute approximate surface area is 70.8 Å². The highest BCUT2D eigenvalue weighted by Crippen LogP contribution is 2.36. The minimum atomic E-state index is 0.993. The van der Waals surface area contributed by atoms with Gasteiger partial charge in [0.25, 0.3) is 0 Å². The van der Waals surface area contributed by atoms with Gasteiger partial charge in [0.2, 0.25) is 0 Å². The Morgan fingerprint density at radius 2 is 1.36 bits per heavy atom. The zero-order chi connectivity index (χ0) is 8.27. The second-order valence-corrected chi connectivity index (χ2v) is 3.44. The molecule has 0 aromatic carbocycles. The predicted octanol–water partition coefficient (Wildman–Crippen LogP) is 2.66. The molecule has 1 aliphatic carbocycles. The lowest BCUT2D eigenvalue weighted by atomic mass is 10.2. The Kier molecular flexibility index (Phi) is 3.38. The van der Waals surface area contributed by atoms with Crippen LogP contribution in [-0.4, -0.2) is 24.0 Å². The number of rotatable bonds is 0. The summed E-state index contributed by atoms with van der Waals surface area (Å²) in [5.74, 6) is 0. The fourth-order valence-corrected chi connectivity index (χ4v) is 2.15. The second kappa shape index (κ2) is 4.10. The smallest absolute Gasteiger partial charge is 0.0252 e. The molecule has 0 aromatic rings. The molecule has 1 heteroatoms. The van der Waals surface area contributed by atoms with Crippen molar-refractivity contribution in [1.82, 2.24) is 4.90 Å². The van der Waals surface area contributed by atoms with E-state index in [0.29, 0.717) is 0 Å². The number of nitrogens with zero attached hydrogens (tertiary/aromatic N) is 1. The minimum Gasteiger partial charge on any atom is -0.297 e. The first-order valence-electron chi connectivity index (χ1n) is 5.11. The predicted molar refractivity (Wildman–Crippen MR) is 49.8 cm³/mol. The Morgan fingerprint density at radius 1 is 0.909 bits per heavy atom. The van der Waals surface area contributed by atoms with Crippen LogP contribution in [0.15, 0.2) is 0 Å². The van der Waals surface area contributed by atoms with Crippen molar-refractivity contribution < 1.29 is 0 Å². The van der Waals surface area contributed by atoms with E-state index in [4.69, 9.17) is 0 Å². The monoisotopic (exact) mass is 155 g/mol.